The van der Waals surface area contributed by atoms with Gasteiger partial charge < -0.3 is 13.9 Å². The Morgan fingerprint density at radius 1 is 1.11 bits per heavy atom. The van der Waals surface area contributed by atoms with E-state index in [9.17, 15) is 14.9 Å². The molecule has 178 valence electrons. The number of nitro benzene ring substituents is 1. The van der Waals surface area contributed by atoms with Crippen molar-refractivity contribution in [3.8, 4) is 11.5 Å². The molecule has 0 saturated carbocycles. The number of nitrogens with one attached hydrogen (secondary N) is 1. The largest absolute Gasteiger partial charge is 0.490 e. The molecule has 1 heterocycles. The van der Waals surface area contributed by atoms with Crippen LogP contribution in [0.1, 0.15) is 28.6 Å². The Hall–Kier alpha value is -4.37. The van der Waals surface area contributed by atoms with Crippen LogP contribution in [0.3, 0.4) is 0 Å². The van der Waals surface area contributed by atoms with Crippen molar-refractivity contribution in [2.45, 2.75) is 13.5 Å². The first-order chi connectivity index (χ1) is 16.9. The maximum atomic E-state index is 12.4. The lowest BCUT2D eigenvalue weighted by molar-refractivity contribution is -0.384. The van der Waals surface area contributed by atoms with Crippen LogP contribution in [0.2, 0.25) is 5.02 Å². The first-order valence-corrected chi connectivity index (χ1v) is 11.0. The third-order valence-corrected chi connectivity index (χ3v) is 5.10. The smallest absolute Gasteiger partial charge is 0.307 e. The maximum absolute atomic E-state index is 12.4. The Balaban J connectivity index is 1.42. The van der Waals surface area contributed by atoms with Gasteiger partial charge in [-0.25, -0.2) is 5.43 Å². The van der Waals surface area contributed by atoms with Crippen molar-refractivity contribution in [1.29, 1.82) is 0 Å². The highest BCUT2D eigenvalue weighted by molar-refractivity contribution is 6.31. The monoisotopic (exact) mass is 493 g/mol. The fourth-order valence-corrected chi connectivity index (χ4v) is 3.44. The Kier molecular flexibility index (Phi) is 7.27. The van der Waals surface area contributed by atoms with Gasteiger partial charge in [0.15, 0.2) is 17.3 Å². The number of non-ortho nitro benzene ring substituents is 1. The van der Waals surface area contributed by atoms with Gasteiger partial charge in [0, 0.05) is 22.5 Å². The van der Waals surface area contributed by atoms with Crippen LogP contribution in [-0.4, -0.2) is 23.7 Å². The van der Waals surface area contributed by atoms with Crippen LogP contribution in [0.5, 0.6) is 11.5 Å². The molecule has 35 heavy (non-hydrogen) atoms. The standard InChI is InChI=1S/C25H20ClN3O6/c1-2-33-23-11-16(6-8-22(23)34-15-17-4-3-5-20(10-17)29(31)32)14-27-28-25(30)24-13-18-12-19(26)7-9-21(18)35-24/h3-14H,2,15H2,1H3,(H,28,30)/b27-14+. The molecule has 0 aliphatic carbocycles. The summed E-state index contributed by atoms with van der Waals surface area (Å²) in [5, 5.41) is 16.2. The van der Waals surface area contributed by atoms with Crippen LogP contribution in [0.4, 0.5) is 5.69 Å². The zero-order chi connectivity index (χ0) is 24.8. The lowest BCUT2D eigenvalue weighted by atomic mass is 10.2. The first kappa shape index (κ1) is 23.8. The number of amides is 1. The number of benzene rings is 3. The van der Waals surface area contributed by atoms with Gasteiger partial charge in [-0.1, -0.05) is 23.7 Å². The molecule has 0 spiro atoms. The van der Waals surface area contributed by atoms with Crippen LogP contribution in [0, 0.1) is 10.1 Å². The SMILES string of the molecule is CCOc1cc(/C=N/NC(=O)c2cc3cc(Cl)ccc3o2)ccc1OCc1cccc([N+](=O)[O-])c1. The number of nitro groups is 1. The fourth-order valence-electron chi connectivity index (χ4n) is 3.26. The maximum Gasteiger partial charge on any atom is 0.307 e. The number of carbonyl (C=O) groups excluding carboxylic acids is 1. The lowest BCUT2D eigenvalue weighted by Crippen LogP contribution is -2.16. The summed E-state index contributed by atoms with van der Waals surface area (Å²) < 4.78 is 17.0. The van der Waals surface area contributed by atoms with Gasteiger partial charge in [0.2, 0.25) is 0 Å². The Morgan fingerprint density at radius 2 is 1.97 bits per heavy atom. The van der Waals surface area contributed by atoms with Crippen molar-refractivity contribution in [2.24, 2.45) is 5.10 Å². The molecule has 4 aromatic rings. The number of hydrazone groups is 1. The average molecular weight is 494 g/mol. The number of fused-ring (bicyclic) bond motifs is 1. The van der Waals surface area contributed by atoms with E-state index >= 15 is 0 Å². The minimum Gasteiger partial charge on any atom is -0.490 e. The summed E-state index contributed by atoms with van der Waals surface area (Å²) in [6, 6.07) is 18.1. The highest BCUT2D eigenvalue weighted by atomic mass is 35.5. The molecule has 1 N–H and O–H groups in total. The molecule has 0 aliphatic rings. The Morgan fingerprint density at radius 3 is 2.77 bits per heavy atom. The molecule has 0 bridgehead atoms. The molecule has 4 rings (SSSR count). The first-order valence-electron chi connectivity index (χ1n) is 10.6. The molecule has 0 fully saturated rings. The summed E-state index contributed by atoms with van der Waals surface area (Å²) >= 11 is 5.96. The van der Waals surface area contributed by atoms with Crippen molar-refractivity contribution in [3.05, 3.63) is 98.8 Å². The summed E-state index contributed by atoms with van der Waals surface area (Å²) in [4.78, 5) is 22.9. The number of rotatable bonds is 9. The molecule has 3 aromatic carbocycles. The second-order valence-electron chi connectivity index (χ2n) is 7.35. The second kappa shape index (κ2) is 10.7. The van der Waals surface area contributed by atoms with Crippen LogP contribution in [-0.2, 0) is 6.61 Å². The summed E-state index contributed by atoms with van der Waals surface area (Å²) in [6.07, 6.45) is 1.46. The minimum atomic E-state index is -0.504. The number of hydrogen-bond acceptors (Lipinski definition) is 7. The van der Waals surface area contributed by atoms with E-state index < -0.39 is 10.8 Å². The third-order valence-electron chi connectivity index (χ3n) is 4.87. The van der Waals surface area contributed by atoms with Gasteiger partial charge in [-0.15, -0.1) is 0 Å². The van der Waals surface area contributed by atoms with Crippen LogP contribution in [0.25, 0.3) is 11.0 Å². The molecule has 0 atom stereocenters. The Bertz CT molecular complexity index is 1420. The van der Waals surface area contributed by atoms with E-state index in [-0.39, 0.29) is 18.1 Å². The van der Waals surface area contributed by atoms with E-state index in [0.29, 0.717) is 45.2 Å². The second-order valence-corrected chi connectivity index (χ2v) is 7.78. The van der Waals surface area contributed by atoms with E-state index in [1.165, 1.54) is 18.3 Å². The van der Waals surface area contributed by atoms with E-state index in [2.05, 4.69) is 10.5 Å². The normalized spacial score (nSPS) is 11.0. The average Bonchev–Trinajstić information content (AvgIpc) is 3.27. The van der Waals surface area contributed by atoms with E-state index in [4.69, 9.17) is 25.5 Å². The van der Waals surface area contributed by atoms with Crippen LogP contribution < -0.4 is 14.9 Å². The number of furan rings is 1. The van der Waals surface area contributed by atoms with Crippen molar-refractivity contribution >= 4 is 40.4 Å². The van der Waals surface area contributed by atoms with Gasteiger partial charge >= 0.3 is 5.91 Å². The van der Waals surface area contributed by atoms with Gasteiger partial charge in [0.25, 0.3) is 5.69 Å². The Labute approximate surface area is 205 Å². The van der Waals surface area contributed by atoms with Crippen molar-refractivity contribution in [1.82, 2.24) is 5.43 Å². The number of hydrogen-bond donors (Lipinski definition) is 1. The predicted molar refractivity (Wildman–Crippen MR) is 131 cm³/mol. The summed E-state index contributed by atoms with van der Waals surface area (Å²) in [7, 11) is 0. The number of carbonyl (C=O) groups is 1. The van der Waals surface area contributed by atoms with Crippen LogP contribution in [0.15, 0.2) is 76.2 Å². The number of nitrogens with zero attached hydrogens (tertiary/aromatic N) is 2. The molecule has 10 heteroatoms. The van der Waals surface area contributed by atoms with Crippen LogP contribution >= 0.6 is 11.6 Å². The zero-order valence-corrected chi connectivity index (χ0v) is 19.3. The van der Waals surface area contributed by atoms with Crippen molar-refractivity contribution in [3.63, 3.8) is 0 Å². The quantitative estimate of drug-likeness (QED) is 0.181. The minimum absolute atomic E-state index is 0.00353. The molecule has 1 aromatic heterocycles. The zero-order valence-electron chi connectivity index (χ0n) is 18.6. The van der Waals surface area contributed by atoms with Gasteiger partial charge in [-0.2, -0.15) is 5.10 Å². The van der Waals surface area contributed by atoms with E-state index in [1.54, 1.807) is 54.6 Å². The molecule has 0 radical (unpaired) electrons. The summed E-state index contributed by atoms with van der Waals surface area (Å²) in [6.45, 7) is 2.38. The molecule has 9 nitrogen and oxygen atoms in total. The highest BCUT2D eigenvalue weighted by Crippen LogP contribution is 2.29. The molecule has 0 saturated heterocycles. The molecular formula is C25H20ClN3O6. The summed E-state index contributed by atoms with van der Waals surface area (Å²) in [5.74, 6) is 0.553. The topological polar surface area (TPSA) is 116 Å². The van der Waals surface area contributed by atoms with E-state index in [1.807, 2.05) is 6.92 Å². The van der Waals surface area contributed by atoms with E-state index in [0.717, 1.165) is 0 Å². The fraction of sp³-hybridized carbons (Fsp3) is 0.120. The summed E-state index contributed by atoms with van der Waals surface area (Å²) in [5.41, 5.74) is 4.29. The van der Waals surface area contributed by atoms with Gasteiger partial charge in [-0.05, 0) is 60.5 Å². The van der Waals surface area contributed by atoms with Crippen molar-refractivity contribution in [2.75, 3.05) is 6.61 Å². The molecule has 0 unspecified atom stereocenters. The van der Waals surface area contributed by atoms with Gasteiger partial charge in [0.05, 0.1) is 17.7 Å². The predicted octanol–water partition coefficient (Wildman–Crippen LogP) is 5.74. The van der Waals surface area contributed by atoms with Crippen molar-refractivity contribution < 1.29 is 23.6 Å². The van der Waals surface area contributed by atoms with Gasteiger partial charge in [-0.3, -0.25) is 14.9 Å². The third kappa shape index (κ3) is 5.96. The number of ether oxygens (including phenoxy) is 2. The lowest BCUT2D eigenvalue weighted by Gasteiger charge is -2.12. The number of halogens is 1. The molecule has 0 aliphatic heterocycles. The highest BCUT2D eigenvalue weighted by Gasteiger charge is 2.12. The molecular weight excluding hydrogens is 474 g/mol. The molecule has 1 amide bonds. The van der Waals surface area contributed by atoms with Gasteiger partial charge in [0.1, 0.15) is 12.2 Å².